The third kappa shape index (κ3) is 6.84. The minimum atomic E-state index is -0.147. The van der Waals surface area contributed by atoms with Crippen molar-refractivity contribution in [2.75, 3.05) is 75.1 Å². The molecule has 0 radical (unpaired) electrons. The molecule has 3 aromatic heterocycles. The standard InChI is InChI=1S/C24H34B3N9O3/c1-33(19-16-20-30-21(22-29-6-13-38-22)32-36(20)23(28)31-19)7-8-34-9-11-35(12-10-34)17-2-4-18(5-3-17)37-14-15-39-24(25,26)27/h2-6,13,16H,7-12,14-15,25-27H2,1H3,(H2,28,31). The normalized spacial score (nSPS) is 14.6. The summed E-state index contributed by atoms with van der Waals surface area (Å²) in [6.07, 6.45) is 3.04. The fourth-order valence-electron chi connectivity index (χ4n) is 4.41. The average Bonchev–Trinajstić information content (AvgIpc) is 3.60. The molecule has 0 saturated carbocycles. The quantitative estimate of drug-likeness (QED) is 0.181. The summed E-state index contributed by atoms with van der Waals surface area (Å²) >= 11 is 0. The number of fused-ring (bicyclic) bond motifs is 1. The van der Waals surface area contributed by atoms with Crippen LogP contribution in [0.3, 0.4) is 0 Å². The molecule has 0 amide bonds. The van der Waals surface area contributed by atoms with E-state index in [4.69, 9.17) is 19.6 Å². The van der Waals surface area contributed by atoms with E-state index in [9.17, 15) is 0 Å². The van der Waals surface area contributed by atoms with Gasteiger partial charge in [0.2, 0.25) is 11.8 Å². The summed E-state index contributed by atoms with van der Waals surface area (Å²) in [7, 11) is 8.15. The second-order valence-electron chi connectivity index (χ2n) is 10.6. The van der Waals surface area contributed by atoms with Crippen LogP contribution in [-0.4, -0.2) is 118 Å². The molecular formula is C24H34B3N9O3. The van der Waals surface area contributed by atoms with Crippen LogP contribution in [0.2, 0.25) is 0 Å². The van der Waals surface area contributed by atoms with Crippen molar-refractivity contribution >= 4 is 46.6 Å². The Kier molecular flexibility index (Phi) is 7.98. The number of anilines is 3. The molecule has 202 valence electrons. The molecule has 0 atom stereocenters. The smallest absolute Gasteiger partial charge is 0.266 e. The molecule has 1 fully saturated rings. The summed E-state index contributed by atoms with van der Waals surface area (Å²) in [4.78, 5) is 20.1. The Balaban J connectivity index is 1.08. The van der Waals surface area contributed by atoms with Crippen LogP contribution in [0, 0.1) is 0 Å². The first-order valence-electron chi connectivity index (χ1n) is 13.2. The van der Waals surface area contributed by atoms with E-state index in [2.05, 4.69) is 46.9 Å². The Morgan fingerprint density at radius 1 is 1.08 bits per heavy atom. The first kappa shape index (κ1) is 26.9. The van der Waals surface area contributed by atoms with E-state index in [1.165, 1.54) is 16.5 Å². The zero-order valence-electron chi connectivity index (χ0n) is 23.1. The Bertz CT molecular complexity index is 1360. The van der Waals surface area contributed by atoms with Crippen LogP contribution in [0.15, 0.2) is 47.2 Å². The van der Waals surface area contributed by atoms with Crippen LogP contribution in [0.1, 0.15) is 0 Å². The summed E-state index contributed by atoms with van der Waals surface area (Å²) in [5.41, 5.74) is 7.98. The van der Waals surface area contributed by atoms with Gasteiger partial charge in [-0.15, -0.1) is 5.10 Å². The van der Waals surface area contributed by atoms with Crippen LogP contribution in [0.4, 0.5) is 17.5 Å². The second-order valence-corrected chi connectivity index (χ2v) is 10.6. The lowest BCUT2D eigenvalue weighted by Crippen LogP contribution is -2.48. The molecule has 12 nitrogen and oxygen atoms in total. The van der Waals surface area contributed by atoms with Gasteiger partial charge in [0.1, 0.15) is 48.0 Å². The number of piperazine rings is 1. The molecule has 1 aromatic carbocycles. The predicted octanol–water partition coefficient (Wildman–Crippen LogP) is -1.47. The monoisotopic (exact) mass is 529 g/mol. The highest BCUT2D eigenvalue weighted by molar-refractivity contribution is 6.58. The van der Waals surface area contributed by atoms with Crippen molar-refractivity contribution < 1.29 is 13.9 Å². The lowest BCUT2D eigenvalue weighted by atomic mass is 9.52. The van der Waals surface area contributed by atoms with Crippen molar-refractivity contribution in [1.29, 1.82) is 0 Å². The summed E-state index contributed by atoms with van der Waals surface area (Å²) in [6.45, 7) is 6.80. The molecule has 2 N–H and O–H groups in total. The zero-order chi connectivity index (χ0) is 27.4. The van der Waals surface area contributed by atoms with E-state index in [1.54, 1.807) is 6.20 Å². The number of ether oxygens (including phenoxy) is 2. The minimum Gasteiger partial charge on any atom is -0.491 e. The van der Waals surface area contributed by atoms with Gasteiger partial charge in [-0.05, 0) is 29.6 Å². The average molecular weight is 529 g/mol. The Hall–Kier alpha value is -3.71. The molecule has 0 aliphatic carbocycles. The largest absolute Gasteiger partial charge is 0.491 e. The van der Waals surface area contributed by atoms with Crippen LogP contribution in [0.25, 0.3) is 17.4 Å². The van der Waals surface area contributed by atoms with E-state index in [-0.39, 0.29) is 11.2 Å². The molecule has 15 heteroatoms. The summed E-state index contributed by atoms with van der Waals surface area (Å²) in [6, 6.07) is 10.2. The van der Waals surface area contributed by atoms with E-state index in [1.807, 2.05) is 48.8 Å². The highest BCUT2D eigenvalue weighted by Crippen LogP contribution is 2.22. The molecule has 39 heavy (non-hydrogen) atoms. The van der Waals surface area contributed by atoms with Crippen molar-refractivity contribution in [2.24, 2.45) is 0 Å². The van der Waals surface area contributed by atoms with E-state index < -0.39 is 0 Å². The number of rotatable bonds is 11. The van der Waals surface area contributed by atoms with Crippen LogP contribution < -0.4 is 20.3 Å². The first-order chi connectivity index (χ1) is 18.7. The van der Waals surface area contributed by atoms with Gasteiger partial charge >= 0.3 is 0 Å². The third-order valence-corrected chi connectivity index (χ3v) is 6.56. The van der Waals surface area contributed by atoms with Crippen LogP contribution in [-0.2, 0) is 4.74 Å². The predicted molar refractivity (Wildman–Crippen MR) is 159 cm³/mol. The molecule has 1 aliphatic heterocycles. The molecular weight excluding hydrogens is 495 g/mol. The van der Waals surface area contributed by atoms with Gasteiger partial charge in [0.05, 0.1) is 12.8 Å². The molecule has 4 heterocycles. The van der Waals surface area contributed by atoms with Crippen molar-refractivity contribution in [2.45, 2.75) is 5.30 Å². The lowest BCUT2D eigenvalue weighted by Gasteiger charge is -2.36. The molecule has 4 aromatic rings. The fraction of sp³-hybridized carbons (Fsp3) is 0.417. The number of nitrogens with two attached hydrogens (primary N) is 1. The number of nitrogen functional groups attached to an aromatic ring is 1. The summed E-state index contributed by atoms with van der Waals surface area (Å²) in [5.74, 6) is 2.60. The molecule has 1 aliphatic rings. The fourth-order valence-corrected chi connectivity index (χ4v) is 4.41. The highest BCUT2D eigenvalue weighted by Gasteiger charge is 2.19. The SMILES string of the molecule is BC(B)(B)OCCOc1ccc(N2CCN(CCN(C)c3cc4nc(-c5ncco5)nn4c(N)n3)CC2)cc1. The van der Waals surface area contributed by atoms with Crippen LogP contribution >= 0.6 is 0 Å². The molecule has 0 spiro atoms. The Morgan fingerprint density at radius 3 is 2.54 bits per heavy atom. The number of hydrogen-bond acceptors (Lipinski definition) is 11. The molecule has 0 unspecified atom stereocenters. The second kappa shape index (κ2) is 11.6. The van der Waals surface area contributed by atoms with Gasteiger partial charge in [-0.1, -0.05) is 0 Å². The highest BCUT2D eigenvalue weighted by atomic mass is 16.5. The lowest BCUT2D eigenvalue weighted by molar-refractivity contribution is 0.0949. The zero-order valence-corrected chi connectivity index (χ0v) is 23.1. The minimum absolute atomic E-state index is 0.147. The van der Waals surface area contributed by atoms with Gasteiger partial charge in [0, 0.05) is 58.1 Å². The number of nitrogens with zero attached hydrogens (tertiary/aromatic N) is 8. The topological polar surface area (TPSA) is 123 Å². The third-order valence-electron chi connectivity index (χ3n) is 6.56. The van der Waals surface area contributed by atoms with Gasteiger partial charge in [-0.2, -0.15) is 9.50 Å². The number of benzene rings is 1. The summed E-state index contributed by atoms with van der Waals surface area (Å²) < 4.78 is 18.3. The number of likely N-dealkylation sites (N-methyl/N-ethyl adjacent to an activating group) is 1. The number of hydrogen-bond donors (Lipinski definition) is 1. The van der Waals surface area contributed by atoms with E-state index in [0.717, 1.165) is 50.8 Å². The van der Waals surface area contributed by atoms with Gasteiger partial charge in [-0.3, -0.25) is 4.90 Å². The van der Waals surface area contributed by atoms with E-state index >= 15 is 0 Å². The van der Waals surface area contributed by atoms with Crippen LogP contribution in [0.5, 0.6) is 5.75 Å². The molecule has 1 saturated heterocycles. The molecule has 5 rings (SSSR count). The maximum absolute atomic E-state index is 6.17. The van der Waals surface area contributed by atoms with Gasteiger partial charge in [0.15, 0.2) is 5.65 Å². The maximum atomic E-state index is 6.17. The van der Waals surface area contributed by atoms with Gasteiger partial charge in [0.25, 0.3) is 5.89 Å². The first-order valence-corrected chi connectivity index (χ1v) is 13.2. The van der Waals surface area contributed by atoms with Crippen molar-refractivity contribution in [1.82, 2.24) is 29.5 Å². The maximum Gasteiger partial charge on any atom is 0.266 e. The van der Waals surface area contributed by atoms with Crippen molar-refractivity contribution in [3.8, 4) is 17.5 Å². The van der Waals surface area contributed by atoms with Gasteiger partial charge < -0.3 is 29.4 Å². The summed E-state index contributed by atoms with van der Waals surface area (Å²) in [5, 5.41) is 4.21. The van der Waals surface area contributed by atoms with Crippen molar-refractivity contribution in [3.05, 3.63) is 42.8 Å². The van der Waals surface area contributed by atoms with Crippen molar-refractivity contribution in [3.63, 3.8) is 0 Å². The number of oxazole rings is 1. The Labute approximate surface area is 230 Å². The van der Waals surface area contributed by atoms with E-state index in [0.29, 0.717) is 30.6 Å². The van der Waals surface area contributed by atoms with Gasteiger partial charge in [-0.25, -0.2) is 9.97 Å². The Morgan fingerprint density at radius 2 is 1.85 bits per heavy atom. The number of aromatic nitrogens is 5. The molecule has 0 bridgehead atoms.